The molecule has 0 aromatic heterocycles. The lowest BCUT2D eigenvalue weighted by Crippen LogP contribution is -2.48. The summed E-state index contributed by atoms with van der Waals surface area (Å²) >= 11 is 0. The number of ether oxygens (including phenoxy) is 1. The molecule has 0 N–H and O–H groups in total. The molecule has 0 atom stereocenters. The SMILES string of the molecule is COc1ccc(S(=O)(=O)N(C)c2ccc(C(=O)N3CCN(C/C=C/c4ccccc4)CC3)cc2)cc1. The van der Waals surface area contributed by atoms with Gasteiger partial charge in [0.05, 0.1) is 17.7 Å². The van der Waals surface area contributed by atoms with Crippen LogP contribution in [0.2, 0.25) is 0 Å². The predicted molar refractivity (Wildman–Crippen MR) is 143 cm³/mol. The van der Waals surface area contributed by atoms with Crippen molar-refractivity contribution in [3.05, 3.63) is 96.1 Å². The summed E-state index contributed by atoms with van der Waals surface area (Å²) in [6.45, 7) is 3.79. The molecule has 1 saturated heterocycles. The Balaban J connectivity index is 1.33. The first-order chi connectivity index (χ1) is 17.4. The Kier molecular flexibility index (Phi) is 8.07. The highest BCUT2D eigenvalue weighted by atomic mass is 32.2. The van der Waals surface area contributed by atoms with Crippen molar-refractivity contribution in [2.24, 2.45) is 0 Å². The van der Waals surface area contributed by atoms with Crippen LogP contribution in [0.5, 0.6) is 5.75 Å². The molecule has 1 fully saturated rings. The molecule has 0 spiro atoms. The average Bonchev–Trinajstić information content (AvgIpc) is 2.93. The van der Waals surface area contributed by atoms with Gasteiger partial charge in [-0.2, -0.15) is 0 Å². The minimum absolute atomic E-state index is 0.0401. The standard InChI is InChI=1S/C28H31N3O4S/c1-29(36(33,34)27-16-14-26(35-2)15-17-27)25-12-10-24(11-13-25)28(32)31-21-19-30(20-22-31)18-6-9-23-7-4-3-5-8-23/h3-17H,18-22H2,1-2H3/b9-6+. The van der Waals surface area contributed by atoms with Crippen molar-refractivity contribution in [1.29, 1.82) is 0 Å². The predicted octanol–water partition coefficient (Wildman–Crippen LogP) is 3.99. The molecule has 0 bridgehead atoms. The molecule has 1 aliphatic heterocycles. The Morgan fingerprint density at radius 2 is 1.56 bits per heavy atom. The van der Waals surface area contributed by atoms with E-state index in [4.69, 9.17) is 4.74 Å². The van der Waals surface area contributed by atoms with Crippen LogP contribution in [0.1, 0.15) is 15.9 Å². The van der Waals surface area contributed by atoms with Gasteiger partial charge in [-0.15, -0.1) is 0 Å². The number of hydrogen-bond donors (Lipinski definition) is 0. The van der Waals surface area contributed by atoms with Gasteiger partial charge in [0.15, 0.2) is 0 Å². The molecular formula is C28H31N3O4S. The lowest BCUT2D eigenvalue weighted by atomic mass is 10.1. The van der Waals surface area contributed by atoms with Gasteiger partial charge in [-0.1, -0.05) is 42.5 Å². The van der Waals surface area contributed by atoms with E-state index in [0.717, 1.165) is 19.6 Å². The van der Waals surface area contributed by atoms with Crippen LogP contribution in [-0.4, -0.2) is 71.0 Å². The van der Waals surface area contributed by atoms with Crippen molar-refractivity contribution >= 4 is 27.7 Å². The van der Waals surface area contributed by atoms with Crippen LogP contribution in [-0.2, 0) is 10.0 Å². The van der Waals surface area contributed by atoms with Gasteiger partial charge in [0, 0.05) is 45.3 Å². The maximum absolute atomic E-state index is 13.0. The van der Waals surface area contributed by atoms with Crippen molar-refractivity contribution in [3.8, 4) is 5.75 Å². The van der Waals surface area contributed by atoms with E-state index in [9.17, 15) is 13.2 Å². The molecule has 7 nitrogen and oxygen atoms in total. The number of rotatable bonds is 8. The monoisotopic (exact) mass is 505 g/mol. The van der Waals surface area contributed by atoms with Gasteiger partial charge in [-0.25, -0.2) is 8.42 Å². The molecule has 1 amide bonds. The number of amides is 1. The van der Waals surface area contributed by atoms with E-state index in [1.54, 1.807) is 36.4 Å². The summed E-state index contributed by atoms with van der Waals surface area (Å²) in [4.78, 5) is 17.4. The van der Waals surface area contributed by atoms with Crippen molar-refractivity contribution < 1.29 is 17.9 Å². The van der Waals surface area contributed by atoms with Crippen molar-refractivity contribution in [2.75, 3.05) is 51.2 Å². The molecule has 3 aromatic carbocycles. The summed E-state index contributed by atoms with van der Waals surface area (Å²) in [6, 6.07) is 23.2. The van der Waals surface area contributed by atoms with Crippen LogP contribution in [0.15, 0.2) is 89.8 Å². The van der Waals surface area contributed by atoms with Crippen molar-refractivity contribution in [3.63, 3.8) is 0 Å². The van der Waals surface area contributed by atoms with E-state index in [0.29, 0.717) is 30.1 Å². The number of carbonyl (C=O) groups is 1. The Morgan fingerprint density at radius 1 is 0.917 bits per heavy atom. The maximum atomic E-state index is 13.0. The van der Waals surface area contributed by atoms with Gasteiger partial charge >= 0.3 is 0 Å². The molecule has 8 heteroatoms. The minimum atomic E-state index is -3.73. The lowest BCUT2D eigenvalue weighted by Gasteiger charge is -2.34. The number of sulfonamides is 1. The second-order valence-electron chi connectivity index (χ2n) is 8.60. The Hall–Kier alpha value is -3.62. The van der Waals surface area contributed by atoms with Crippen LogP contribution < -0.4 is 9.04 Å². The molecule has 3 aromatic rings. The molecule has 0 unspecified atom stereocenters. The molecule has 4 rings (SSSR count). The first-order valence-electron chi connectivity index (χ1n) is 11.8. The number of methoxy groups -OCH3 is 1. The number of hydrogen-bond acceptors (Lipinski definition) is 5. The summed E-state index contributed by atoms with van der Waals surface area (Å²) in [5.74, 6) is 0.547. The first kappa shape index (κ1) is 25.5. The molecule has 0 radical (unpaired) electrons. The average molecular weight is 506 g/mol. The molecule has 1 heterocycles. The van der Waals surface area contributed by atoms with Crippen LogP contribution in [0.25, 0.3) is 6.08 Å². The van der Waals surface area contributed by atoms with Gasteiger partial charge in [0.25, 0.3) is 15.9 Å². The third-order valence-corrected chi connectivity index (χ3v) is 8.13. The molecule has 0 saturated carbocycles. The Labute approximate surface area is 213 Å². The largest absolute Gasteiger partial charge is 0.497 e. The summed E-state index contributed by atoms with van der Waals surface area (Å²) in [5.41, 5.74) is 2.21. The fourth-order valence-electron chi connectivity index (χ4n) is 4.08. The second-order valence-corrected chi connectivity index (χ2v) is 10.6. The summed E-state index contributed by atoms with van der Waals surface area (Å²) in [5, 5.41) is 0. The zero-order chi connectivity index (χ0) is 25.5. The van der Waals surface area contributed by atoms with E-state index in [1.165, 1.54) is 36.2 Å². The van der Waals surface area contributed by atoms with E-state index < -0.39 is 10.0 Å². The van der Waals surface area contributed by atoms with Crippen molar-refractivity contribution in [2.45, 2.75) is 4.90 Å². The number of nitrogens with zero attached hydrogens (tertiary/aromatic N) is 3. The van der Waals surface area contributed by atoms with Gasteiger partial charge in [-0.3, -0.25) is 14.0 Å². The van der Waals surface area contributed by atoms with E-state index in [1.807, 2.05) is 23.1 Å². The van der Waals surface area contributed by atoms with Crippen molar-refractivity contribution in [1.82, 2.24) is 9.80 Å². The molecule has 188 valence electrons. The maximum Gasteiger partial charge on any atom is 0.264 e. The molecule has 1 aliphatic rings. The molecule has 36 heavy (non-hydrogen) atoms. The van der Waals surface area contributed by atoms with Gasteiger partial charge < -0.3 is 9.64 Å². The summed E-state index contributed by atoms with van der Waals surface area (Å²) in [7, 11) is -0.698. The van der Waals surface area contributed by atoms with Crippen LogP contribution in [0.3, 0.4) is 0 Å². The number of piperazine rings is 1. The zero-order valence-corrected chi connectivity index (χ0v) is 21.4. The topological polar surface area (TPSA) is 70.2 Å². The third-order valence-electron chi connectivity index (χ3n) is 6.33. The van der Waals surface area contributed by atoms with Crippen LogP contribution in [0, 0.1) is 0 Å². The fraction of sp³-hybridized carbons (Fsp3) is 0.250. The van der Waals surface area contributed by atoms with Crippen LogP contribution in [0.4, 0.5) is 5.69 Å². The lowest BCUT2D eigenvalue weighted by molar-refractivity contribution is 0.0650. The highest BCUT2D eigenvalue weighted by molar-refractivity contribution is 7.92. The van der Waals surface area contributed by atoms with Gasteiger partial charge in [0.1, 0.15) is 5.75 Å². The third kappa shape index (κ3) is 5.95. The minimum Gasteiger partial charge on any atom is -0.497 e. The van der Waals surface area contributed by atoms with E-state index >= 15 is 0 Å². The quantitative estimate of drug-likeness (QED) is 0.463. The van der Waals surface area contributed by atoms with E-state index in [2.05, 4.69) is 29.2 Å². The smallest absolute Gasteiger partial charge is 0.264 e. The number of benzene rings is 3. The fourth-order valence-corrected chi connectivity index (χ4v) is 5.27. The summed E-state index contributed by atoms with van der Waals surface area (Å²) in [6.07, 6.45) is 4.27. The summed E-state index contributed by atoms with van der Waals surface area (Å²) < 4.78 is 32.3. The zero-order valence-electron chi connectivity index (χ0n) is 20.6. The Bertz CT molecular complexity index is 1280. The highest BCUT2D eigenvalue weighted by Crippen LogP contribution is 2.24. The molecule has 0 aliphatic carbocycles. The van der Waals surface area contributed by atoms with Gasteiger partial charge in [-0.05, 0) is 54.1 Å². The van der Waals surface area contributed by atoms with E-state index in [-0.39, 0.29) is 10.8 Å². The van der Waals surface area contributed by atoms with Gasteiger partial charge in [0.2, 0.25) is 0 Å². The Morgan fingerprint density at radius 3 is 2.17 bits per heavy atom. The highest BCUT2D eigenvalue weighted by Gasteiger charge is 2.24. The normalized spacial score (nSPS) is 14.7. The second kappa shape index (κ2) is 11.4. The number of anilines is 1. The molecular weight excluding hydrogens is 474 g/mol. The van der Waals surface area contributed by atoms with Crippen LogP contribution >= 0.6 is 0 Å². The first-order valence-corrected chi connectivity index (χ1v) is 13.3. The number of carbonyl (C=O) groups excluding carboxylic acids is 1.